The van der Waals surface area contributed by atoms with Crippen molar-refractivity contribution in [1.29, 1.82) is 0 Å². The molecule has 1 aromatic carbocycles. The smallest absolute Gasteiger partial charge is 0.193 e. The van der Waals surface area contributed by atoms with Crippen molar-refractivity contribution < 1.29 is 4.79 Å². The van der Waals surface area contributed by atoms with Crippen molar-refractivity contribution in [3.8, 4) is 11.3 Å². The maximum atomic E-state index is 10.6. The monoisotopic (exact) mass is 198 g/mol. The highest BCUT2D eigenvalue weighted by molar-refractivity contribution is 5.71. The summed E-state index contributed by atoms with van der Waals surface area (Å²) in [5.41, 5.74) is 2.57. The SMILES string of the molecule is Cc1cc(-c2ccccc2)nc(C=O)n1. The number of carbonyl (C=O) groups is 1. The molecule has 1 aromatic heterocycles. The van der Waals surface area contributed by atoms with Crippen molar-refractivity contribution in [2.75, 3.05) is 0 Å². The van der Waals surface area contributed by atoms with Gasteiger partial charge in [-0.25, -0.2) is 9.97 Å². The zero-order valence-electron chi connectivity index (χ0n) is 8.34. The number of rotatable bonds is 2. The summed E-state index contributed by atoms with van der Waals surface area (Å²) in [5.74, 6) is 0.230. The third kappa shape index (κ3) is 2.07. The Morgan fingerprint density at radius 3 is 2.53 bits per heavy atom. The summed E-state index contributed by atoms with van der Waals surface area (Å²) in [6.45, 7) is 1.85. The van der Waals surface area contributed by atoms with Gasteiger partial charge in [0.05, 0.1) is 5.69 Å². The lowest BCUT2D eigenvalue weighted by Gasteiger charge is -2.02. The van der Waals surface area contributed by atoms with E-state index in [1.165, 1.54) is 0 Å². The van der Waals surface area contributed by atoms with E-state index in [-0.39, 0.29) is 5.82 Å². The summed E-state index contributed by atoms with van der Waals surface area (Å²) >= 11 is 0. The second-order valence-electron chi connectivity index (χ2n) is 3.24. The number of carbonyl (C=O) groups excluding carboxylic acids is 1. The summed E-state index contributed by atoms with van der Waals surface area (Å²) in [6, 6.07) is 11.6. The van der Waals surface area contributed by atoms with E-state index in [0.29, 0.717) is 6.29 Å². The zero-order chi connectivity index (χ0) is 10.7. The first-order valence-electron chi connectivity index (χ1n) is 4.66. The number of aromatic nitrogens is 2. The molecular formula is C12H10N2O. The van der Waals surface area contributed by atoms with Crippen LogP contribution in [-0.2, 0) is 0 Å². The number of hydrogen-bond acceptors (Lipinski definition) is 3. The molecule has 0 aliphatic carbocycles. The molecular weight excluding hydrogens is 188 g/mol. The van der Waals surface area contributed by atoms with Crippen LogP contribution in [0.25, 0.3) is 11.3 Å². The molecule has 0 atom stereocenters. The Morgan fingerprint density at radius 2 is 1.87 bits per heavy atom. The van der Waals surface area contributed by atoms with Gasteiger partial charge in [-0.2, -0.15) is 0 Å². The molecule has 2 aromatic rings. The zero-order valence-corrected chi connectivity index (χ0v) is 8.34. The molecule has 0 spiro atoms. The minimum absolute atomic E-state index is 0.230. The summed E-state index contributed by atoms with van der Waals surface area (Å²) < 4.78 is 0. The number of hydrogen-bond donors (Lipinski definition) is 0. The van der Waals surface area contributed by atoms with Gasteiger partial charge >= 0.3 is 0 Å². The molecule has 0 unspecified atom stereocenters. The van der Waals surface area contributed by atoms with Crippen molar-refractivity contribution in [3.63, 3.8) is 0 Å². The second kappa shape index (κ2) is 4.00. The van der Waals surface area contributed by atoms with Crippen LogP contribution in [0, 0.1) is 6.92 Å². The van der Waals surface area contributed by atoms with Crippen LogP contribution >= 0.6 is 0 Å². The normalized spacial score (nSPS) is 9.93. The van der Waals surface area contributed by atoms with Crippen LogP contribution in [0.2, 0.25) is 0 Å². The van der Waals surface area contributed by atoms with Gasteiger partial charge in [0.15, 0.2) is 12.1 Å². The highest BCUT2D eigenvalue weighted by atomic mass is 16.1. The predicted molar refractivity (Wildman–Crippen MR) is 57.6 cm³/mol. The Hall–Kier alpha value is -2.03. The minimum atomic E-state index is 0.230. The first kappa shape index (κ1) is 9.52. The van der Waals surface area contributed by atoms with Gasteiger partial charge in [0.2, 0.25) is 0 Å². The Labute approximate surface area is 87.8 Å². The Balaban J connectivity index is 2.53. The van der Waals surface area contributed by atoms with E-state index < -0.39 is 0 Å². The van der Waals surface area contributed by atoms with Gasteiger partial charge in [0.25, 0.3) is 0 Å². The maximum absolute atomic E-state index is 10.6. The van der Waals surface area contributed by atoms with E-state index in [2.05, 4.69) is 9.97 Å². The largest absolute Gasteiger partial charge is 0.294 e. The molecule has 0 aliphatic heterocycles. The predicted octanol–water partition coefficient (Wildman–Crippen LogP) is 2.26. The number of aldehydes is 1. The summed E-state index contributed by atoms with van der Waals surface area (Å²) in [7, 11) is 0. The van der Waals surface area contributed by atoms with Crippen molar-refractivity contribution >= 4 is 6.29 Å². The van der Waals surface area contributed by atoms with E-state index in [1.807, 2.05) is 43.3 Å². The summed E-state index contributed by atoms with van der Waals surface area (Å²) in [4.78, 5) is 18.8. The first-order chi connectivity index (χ1) is 7.29. The quantitative estimate of drug-likeness (QED) is 0.695. The number of nitrogens with zero attached hydrogens (tertiary/aromatic N) is 2. The lowest BCUT2D eigenvalue weighted by atomic mass is 10.1. The van der Waals surface area contributed by atoms with Crippen LogP contribution in [-0.4, -0.2) is 16.3 Å². The number of benzene rings is 1. The second-order valence-corrected chi connectivity index (χ2v) is 3.24. The molecule has 3 nitrogen and oxygen atoms in total. The van der Waals surface area contributed by atoms with Crippen molar-refractivity contribution in [1.82, 2.24) is 9.97 Å². The van der Waals surface area contributed by atoms with Gasteiger partial charge in [-0.3, -0.25) is 4.79 Å². The first-order valence-corrected chi connectivity index (χ1v) is 4.66. The van der Waals surface area contributed by atoms with Gasteiger partial charge in [0.1, 0.15) is 0 Å². The Morgan fingerprint density at radius 1 is 1.13 bits per heavy atom. The van der Waals surface area contributed by atoms with E-state index >= 15 is 0 Å². The minimum Gasteiger partial charge on any atom is -0.294 e. The summed E-state index contributed by atoms with van der Waals surface area (Å²) in [6.07, 6.45) is 0.666. The third-order valence-electron chi connectivity index (χ3n) is 2.05. The van der Waals surface area contributed by atoms with Crippen LogP contribution in [0.3, 0.4) is 0 Å². The highest BCUT2D eigenvalue weighted by Crippen LogP contribution is 2.16. The van der Waals surface area contributed by atoms with Crippen LogP contribution in [0.1, 0.15) is 16.3 Å². The summed E-state index contributed by atoms with van der Waals surface area (Å²) in [5, 5.41) is 0. The fourth-order valence-corrected chi connectivity index (χ4v) is 1.40. The average Bonchev–Trinajstić information content (AvgIpc) is 2.29. The molecule has 1 heterocycles. The van der Waals surface area contributed by atoms with Gasteiger partial charge in [-0.1, -0.05) is 30.3 Å². The van der Waals surface area contributed by atoms with Gasteiger partial charge in [0, 0.05) is 11.3 Å². The fraction of sp³-hybridized carbons (Fsp3) is 0.0833. The Bertz CT molecular complexity index is 480. The third-order valence-corrected chi connectivity index (χ3v) is 2.05. The number of aryl methyl sites for hydroxylation is 1. The molecule has 0 bridgehead atoms. The molecule has 0 amide bonds. The van der Waals surface area contributed by atoms with E-state index in [0.717, 1.165) is 17.0 Å². The molecule has 0 N–H and O–H groups in total. The molecule has 15 heavy (non-hydrogen) atoms. The van der Waals surface area contributed by atoms with Crippen LogP contribution in [0.4, 0.5) is 0 Å². The van der Waals surface area contributed by atoms with E-state index in [4.69, 9.17) is 0 Å². The fourth-order valence-electron chi connectivity index (χ4n) is 1.40. The topological polar surface area (TPSA) is 42.9 Å². The van der Waals surface area contributed by atoms with Gasteiger partial charge in [-0.15, -0.1) is 0 Å². The average molecular weight is 198 g/mol. The van der Waals surface area contributed by atoms with E-state index in [9.17, 15) is 4.79 Å². The molecule has 0 radical (unpaired) electrons. The molecule has 0 saturated heterocycles. The lowest BCUT2D eigenvalue weighted by molar-refractivity contribution is 0.111. The molecule has 0 saturated carbocycles. The van der Waals surface area contributed by atoms with Gasteiger partial charge < -0.3 is 0 Å². The van der Waals surface area contributed by atoms with Crippen molar-refractivity contribution in [2.45, 2.75) is 6.92 Å². The highest BCUT2D eigenvalue weighted by Gasteiger charge is 2.02. The standard InChI is InChI=1S/C12H10N2O/c1-9-7-11(14-12(8-15)13-9)10-5-3-2-4-6-10/h2-8H,1H3. The lowest BCUT2D eigenvalue weighted by Crippen LogP contribution is -1.97. The molecule has 3 heteroatoms. The van der Waals surface area contributed by atoms with Crippen LogP contribution < -0.4 is 0 Å². The molecule has 74 valence electrons. The van der Waals surface area contributed by atoms with Crippen molar-refractivity contribution in [3.05, 3.63) is 47.9 Å². The molecule has 0 fully saturated rings. The Kier molecular flexibility index (Phi) is 2.54. The van der Waals surface area contributed by atoms with Crippen molar-refractivity contribution in [2.24, 2.45) is 0 Å². The van der Waals surface area contributed by atoms with Crippen LogP contribution in [0.15, 0.2) is 36.4 Å². The maximum Gasteiger partial charge on any atom is 0.193 e. The molecule has 0 aliphatic rings. The van der Waals surface area contributed by atoms with Gasteiger partial charge in [-0.05, 0) is 13.0 Å². The van der Waals surface area contributed by atoms with Crippen LogP contribution in [0.5, 0.6) is 0 Å². The molecule has 2 rings (SSSR count). The van der Waals surface area contributed by atoms with E-state index in [1.54, 1.807) is 0 Å².